The molecule has 6 nitrogen and oxygen atoms in total. The van der Waals surface area contributed by atoms with Crippen LogP contribution >= 0.6 is 0 Å². The summed E-state index contributed by atoms with van der Waals surface area (Å²) in [4.78, 5) is 14.8. The fraction of sp³-hybridized carbons (Fsp3) is 0.667. The average Bonchev–Trinajstić information content (AvgIpc) is 3.01. The molecule has 0 radical (unpaired) electrons. The van der Waals surface area contributed by atoms with E-state index in [9.17, 15) is 4.79 Å². The summed E-state index contributed by atoms with van der Waals surface area (Å²) < 4.78 is 24.4. The Hall–Kier alpha value is -1.67. The van der Waals surface area contributed by atoms with Gasteiger partial charge in [0.1, 0.15) is 11.3 Å². The summed E-state index contributed by atoms with van der Waals surface area (Å²) in [5, 5.41) is 0.140. The van der Waals surface area contributed by atoms with Gasteiger partial charge in [-0.05, 0) is 58.3 Å². The maximum absolute atomic E-state index is 13.2. The van der Waals surface area contributed by atoms with E-state index in [0.717, 1.165) is 5.56 Å². The molecule has 7 heteroatoms. The van der Waals surface area contributed by atoms with Crippen molar-refractivity contribution in [3.05, 3.63) is 48.0 Å². The molecule has 1 aromatic carbocycles. The first-order valence-corrected chi connectivity index (χ1v) is 15.1. The quantitative estimate of drug-likeness (QED) is 0.306. The lowest BCUT2D eigenvalue weighted by molar-refractivity contribution is -0.0698. The lowest BCUT2D eigenvalue weighted by Crippen LogP contribution is -2.53. The Bertz CT molecular complexity index is 824. The van der Waals surface area contributed by atoms with Gasteiger partial charge in [-0.15, -0.1) is 0 Å². The van der Waals surface area contributed by atoms with Crippen molar-refractivity contribution < 1.29 is 23.4 Å². The van der Waals surface area contributed by atoms with Crippen molar-refractivity contribution in [2.24, 2.45) is 0 Å². The van der Waals surface area contributed by atoms with Crippen LogP contribution in [0.2, 0.25) is 18.1 Å². The zero-order chi connectivity index (χ0) is 25.8. The van der Waals surface area contributed by atoms with Crippen molar-refractivity contribution in [3.8, 4) is 0 Å². The predicted octanol–water partition coefficient (Wildman–Crippen LogP) is 6.52. The number of carbonyl (C=O) groups is 1. The van der Waals surface area contributed by atoms with Crippen LogP contribution in [0.15, 0.2) is 42.5 Å². The first-order valence-electron chi connectivity index (χ1n) is 12.2. The molecule has 0 saturated carbocycles. The molecule has 0 aliphatic carbocycles. The Kier molecular flexibility index (Phi) is 9.19. The van der Waals surface area contributed by atoms with Gasteiger partial charge in [-0.1, -0.05) is 63.3 Å². The number of amides is 1. The predicted molar refractivity (Wildman–Crippen MR) is 139 cm³/mol. The SMILES string of the molecule is CC(C)(C)OC(=O)N1[C@H]([C@H](/C=C\CO[Si](C)(C)C(C)(C)C)OCc2ccccc2)COC1(C)C. The molecule has 0 spiro atoms. The molecule has 0 N–H and O–H groups in total. The van der Waals surface area contributed by atoms with Gasteiger partial charge in [-0.3, -0.25) is 4.90 Å². The fourth-order valence-electron chi connectivity index (χ4n) is 3.47. The Morgan fingerprint density at radius 2 is 1.79 bits per heavy atom. The standard InChI is InChI=1S/C27H45NO5Si/c1-25(2,3)33-24(29)28-22(20-31-27(28,7)8)23(30-19-21-15-12-11-13-16-21)17-14-18-32-34(9,10)26(4,5)6/h11-17,22-23H,18-20H2,1-10H3/b17-14-/t22-,23-/m0/s1. The number of rotatable bonds is 8. The second-order valence-corrected chi connectivity index (χ2v) is 16.7. The van der Waals surface area contributed by atoms with Gasteiger partial charge in [0.15, 0.2) is 8.32 Å². The smallest absolute Gasteiger partial charge is 0.413 e. The normalized spacial score (nSPS) is 20.1. The molecule has 1 aromatic rings. The van der Waals surface area contributed by atoms with E-state index in [-0.39, 0.29) is 17.2 Å². The van der Waals surface area contributed by atoms with Crippen LogP contribution in [0.4, 0.5) is 4.79 Å². The van der Waals surface area contributed by atoms with Gasteiger partial charge in [0.2, 0.25) is 0 Å². The highest BCUT2D eigenvalue weighted by Gasteiger charge is 2.48. The molecule has 1 aliphatic rings. The monoisotopic (exact) mass is 491 g/mol. The second-order valence-electron chi connectivity index (χ2n) is 11.9. The maximum Gasteiger partial charge on any atom is 0.413 e. The molecule has 192 valence electrons. The summed E-state index contributed by atoms with van der Waals surface area (Å²) in [6, 6.07) is 9.70. The molecule has 0 bridgehead atoms. The minimum atomic E-state index is -1.86. The third-order valence-electron chi connectivity index (χ3n) is 6.45. The largest absolute Gasteiger partial charge is 0.444 e. The van der Waals surface area contributed by atoms with E-state index in [1.165, 1.54) is 0 Å². The lowest BCUT2D eigenvalue weighted by Gasteiger charge is -2.37. The molecular weight excluding hydrogens is 446 g/mol. The molecule has 1 heterocycles. The summed E-state index contributed by atoms with van der Waals surface area (Å²) in [6.45, 7) is 21.8. The van der Waals surface area contributed by atoms with Crippen LogP contribution in [-0.2, 0) is 25.2 Å². The highest BCUT2D eigenvalue weighted by Crippen LogP contribution is 2.36. The minimum absolute atomic E-state index is 0.140. The van der Waals surface area contributed by atoms with Gasteiger partial charge in [0, 0.05) is 0 Å². The number of benzene rings is 1. The van der Waals surface area contributed by atoms with E-state index < -0.39 is 25.7 Å². The van der Waals surface area contributed by atoms with E-state index in [1.807, 2.05) is 77.1 Å². The molecule has 2 rings (SSSR count). The highest BCUT2D eigenvalue weighted by molar-refractivity contribution is 6.74. The Labute approximate surface area is 207 Å². The van der Waals surface area contributed by atoms with Crippen LogP contribution in [0, 0.1) is 0 Å². The minimum Gasteiger partial charge on any atom is -0.444 e. The Morgan fingerprint density at radius 3 is 2.35 bits per heavy atom. The van der Waals surface area contributed by atoms with Crippen molar-refractivity contribution in [1.82, 2.24) is 4.90 Å². The van der Waals surface area contributed by atoms with Gasteiger partial charge >= 0.3 is 6.09 Å². The summed E-state index contributed by atoms with van der Waals surface area (Å²) >= 11 is 0. The number of hydrogen-bond acceptors (Lipinski definition) is 5. The van der Waals surface area contributed by atoms with Crippen LogP contribution < -0.4 is 0 Å². The summed E-state index contributed by atoms with van der Waals surface area (Å²) in [5.41, 5.74) is -0.333. The van der Waals surface area contributed by atoms with Crippen LogP contribution in [0.25, 0.3) is 0 Å². The molecule has 0 aromatic heterocycles. The molecule has 1 aliphatic heterocycles. The number of nitrogens with zero attached hydrogens (tertiary/aromatic N) is 1. The van der Waals surface area contributed by atoms with E-state index in [0.29, 0.717) is 19.8 Å². The third-order valence-corrected chi connectivity index (χ3v) is 10.9. The fourth-order valence-corrected chi connectivity index (χ4v) is 4.41. The van der Waals surface area contributed by atoms with Crippen molar-refractivity contribution in [2.45, 2.75) is 104 Å². The van der Waals surface area contributed by atoms with Crippen LogP contribution in [-0.4, -0.2) is 56.0 Å². The summed E-state index contributed by atoms with van der Waals surface area (Å²) in [7, 11) is -1.86. The topological polar surface area (TPSA) is 57.2 Å². The van der Waals surface area contributed by atoms with E-state index in [4.69, 9.17) is 18.6 Å². The zero-order valence-corrected chi connectivity index (χ0v) is 23.8. The average molecular weight is 492 g/mol. The number of hydrogen-bond donors (Lipinski definition) is 0. The third kappa shape index (κ3) is 7.94. The van der Waals surface area contributed by atoms with Crippen LogP contribution in [0.1, 0.15) is 61.0 Å². The summed E-state index contributed by atoms with van der Waals surface area (Å²) in [6.07, 6.45) is 3.23. The molecular formula is C27H45NO5Si. The van der Waals surface area contributed by atoms with Gasteiger partial charge in [0.25, 0.3) is 0 Å². The van der Waals surface area contributed by atoms with Gasteiger partial charge in [0.05, 0.1) is 32.0 Å². The zero-order valence-electron chi connectivity index (χ0n) is 22.8. The van der Waals surface area contributed by atoms with Crippen LogP contribution in [0.5, 0.6) is 0 Å². The summed E-state index contributed by atoms with van der Waals surface area (Å²) in [5.74, 6) is 0. The molecule has 1 saturated heterocycles. The van der Waals surface area contributed by atoms with E-state index in [1.54, 1.807) is 4.90 Å². The number of carbonyl (C=O) groups excluding carboxylic acids is 1. The Morgan fingerprint density at radius 1 is 1.18 bits per heavy atom. The lowest BCUT2D eigenvalue weighted by atomic mass is 10.1. The first kappa shape index (κ1) is 28.6. The van der Waals surface area contributed by atoms with Gasteiger partial charge in [-0.2, -0.15) is 0 Å². The second kappa shape index (κ2) is 10.9. The van der Waals surface area contributed by atoms with Gasteiger partial charge in [-0.25, -0.2) is 4.79 Å². The van der Waals surface area contributed by atoms with Crippen molar-refractivity contribution >= 4 is 14.4 Å². The maximum atomic E-state index is 13.2. The van der Waals surface area contributed by atoms with E-state index in [2.05, 4.69) is 33.9 Å². The molecule has 1 amide bonds. The molecule has 2 atom stereocenters. The Balaban J connectivity index is 2.23. The van der Waals surface area contributed by atoms with Crippen LogP contribution in [0.3, 0.4) is 0 Å². The van der Waals surface area contributed by atoms with Crippen molar-refractivity contribution in [2.75, 3.05) is 13.2 Å². The van der Waals surface area contributed by atoms with Crippen molar-refractivity contribution in [1.29, 1.82) is 0 Å². The first-order chi connectivity index (χ1) is 15.5. The number of ether oxygens (including phenoxy) is 3. The molecule has 0 unspecified atom stereocenters. The van der Waals surface area contributed by atoms with E-state index >= 15 is 0 Å². The molecule has 34 heavy (non-hydrogen) atoms. The van der Waals surface area contributed by atoms with Crippen molar-refractivity contribution in [3.63, 3.8) is 0 Å². The van der Waals surface area contributed by atoms with Gasteiger partial charge < -0.3 is 18.6 Å². The highest BCUT2D eigenvalue weighted by atomic mass is 28.4. The molecule has 1 fully saturated rings.